The summed E-state index contributed by atoms with van der Waals surface area (Å²) in [4.78, 5) is 27.0. The van der Waals surface area contributed by atoms with E-state index in [0.717, 1.165) is 24.1 Å². The number of hydrogen-bond acceptors (Lipinski definition) is 3. The van der Waals surface area contributed by atoms with Gasteiger partial charge in [0.15, 0.2) is 6.61 Å². The molecule has 1 aromatic heterocycles. The lowest BCUT2D eigenvalue weighted by atomic mass is 10.0. The number of hydrogen-bond donors (Lipinski definition) is 1. The molecule has 6 nitrogen and oxygen atoms in total. The van der Waals surface area contributed by atoms with Crippen molar-refractivity contribution >= 4 is 11.8 Å². The van der Waals surface area contributed by atoms with Gasteiger partial charge in [0.1, 0.15) is 5.75 Å². The van der Waals surface area contributed by atoms with Crippen LogP contribution in [-0.4, -0.2) is 47.0 Å². The van der Waals surface area contributed by atoms with Crippen LogP contribution < -0.4 is 10.1 Å². The molecule has 2 amide bonds. The summed E-state index contributed by atoms with van der Waals surface area (Å²) in [5, 5.41) is 3.03. The summed E-state index contributed by atoms with van der Waals surface area (Å²) in [7, 11) is 0. The Labute approximate surface area is 188 Å². The highest BCUT2D eigenvalue weighted by Crippen LogP contribution is 2.18. The van der Waals surface area contributed by atoms with Gasteiger partial charge in [-0.3, -0.25) is 9.59 Å². The molecule has 0 bridgehead atoms. The van der Waals surface area contributed by atoms with Gasteiger partial charge in [-0.1, -0.05) is 6.07 Å². The van der Waals surface area contributed by atoms with E-state index in [1.807, 2.05) is 90.3 Å². The lowest BCUT2D eigenvalue weighted by Gasteiger charge is -2.32. The van der Waals surface area contributed by atoms with Crippen LogP contribution in [0.25, 0.3) is 5.69 Å². The third kappa shape index (κ3) is 5.19. The number of nitrogens with one attached hydrogen (secondary N) is 1. The van der Waals surface area contributed by atoms with Crippen LogP contribution in [0.1, 0.15) is 34.3 Å². The van der Waals surface area contributed by atoms with E-state index in [-0.39, 0.29) is 24.5 Å². The van der Waals surface area contributed by atoms with Crippen molar-refractivity contribution < 1.29 is 14.3 Å². The SMILES string of the molecule is Cc1ccc(OCC(=O)NC2CCN(C(=O)c3ccc(-n4cccc4)cc3)CC2)cc1C. The first-order valence-corrected chi connectivity index (χ1v) is 11.0. The molecule has 1 aliphatic heterocycles. The Balaban J connectivity index is 1.23. The predicted octanol–water partition coefficient (Wildman–Crippen LogP) is 3.89. The van der Waals surface area contributed by atoms with Gasteiger partial charge in [0.2, 0.25) is 0 Å². The van der Waals surface area contributed by atoms with E-state index in [9.17, 15) is 9.59 Å². The average Bonchev–Trinajstić information content (AvgIpc) is 3.35. The third-order valence-electron chi connectivity index (χ3n) is 6.01. The van der Waals surface area contributed by atoms with Crippen LogP contribution in [-0.2, 0) is 4.79 Å². The second kappa shape index (κ2) is 9.73. The number of likely N-dealkylation sites (tertiary alicyclic amines) is 1. The van der Waals surface area contributed by atoms with Gasteiger partial charge in [-0.05, 0) is 86.3 Å². The van der Waals surface area contributed by atoms with Crippen LogP contribution in [0.5, 0.6) is 5.75 Å². The minimum atomic E-state index is -0.131. The Morgan fingerprint density at radius 1 is 0.969 bits per heavy atom. The normalized spacial score (nSPS) is 14.2. The summed E-state index contributed by atoms with van der Waals surface area (Å²) < 4.78 is 7.63. The van der Waals surface area contributed by atoms with E-state index in [0.29, 0.717) is 24.4 Å². The van der Waals surface area contributed by atoms with Crippen molar-refractivity contribution in [1.29, 1.82) is 0 Å². The Hall–Kier alpha value is -3.54. The molecule has 0 unspecified atom stereocenters. The molecule has 1 N–H and O–H groups in total. The highest BCUT2D eigenvalue weighted by atomic mass is 16.5. The number of nitrogens with zero attached hydrogens (tertiary/aromatic N) is 2. The van der Waals surface area contributed by atoms with E-state index < -0.39 is 0 Å². The molecule has 3 aromatic rings. The van der Waals surface area contributed by atoms with Crippen LogP contribution in [0.15, 0.2) is 67.0 Å². The van der Waals surface area contributed by atoms with Gasteiger partial charge in [0.05, 0.1) is 0 Å². The largest absolute Gasteiger partial charge is 0.484 e. The minimum absolute atomic E-state index is 0.00457. The van der Waals surface area contributed by atoms with Crippen LogP contribution >= 0.6 is 0 Å². The highest BCUT2D eigenvalue weighted by Gasteiger charge is 2.24. The zero-order valence-corrected chi connectivity index (χ0v) is 18.6. The summed E-state index contributed by atoms with van der Waals surface area (Å²) in [6.07, 6.45) is 5.43. The topological polar surface area (TPSA) is 63.6 Å². The fourth-order valence-electron chi connectivity index (χ4n) is 3.91. The molecule has 4 rings (SSSR count). The first-order valence-electron chi connectivity index (χ1n) is 11.0. The van der Waals surface area contributed by atoms with Crippen molar-refractivity contribution in [2.75, 3.05) is 19.7 Å². The first-order chi connectivity index (χ1) is 15.5. The van der Waals surface area contributed by atoms with Gasteiger partial charge >= 0.3 is 0 Å². The number of carbonyl (C=O) groups is 2. The van der Waals surface area contributed by atoms with Crippen molar-refractivity contribution in [3.8, 4) is 11.4 Å². The van der Waals surface area contributed by atoms with Gasteiger partial charge < -0.3 is 19.5 Å². The Morgan fingerprint density at radius 2 is 1.66 bits per heavy atom. The zero-order chi connectivity index (χ0) is 22.5. The van der Waals surface area contributed by atoms with Gasteiger partial charge in [0, 0.05) is 42.8 Å². The minimum Gasteiger partial charge on any atom is -0.484 e. The van der Waals surface area contributed by atoms with Crippen molar-refractivity contribution in [3.05, 3.63) is 83.7 Å². The summed E-state index contributed by atoms with van der Waals surface area (Å²) >= 11 is 0. The van der Waals surface area contributed by atoms with E-state index in [1.165, 1.54) is 5.56 Å². The van der Waals surface area contributed by atoms with Crippen LogP contribution in [0.3, 0.4) is 0 Å². The molecule has 0 saturated carbocycles. The quantitative estimate of drug-likeness (QED) is 0.644. The Kier molecular flexibility index (Phi) is 6.59. The van der Waals surface area contributed by atoms with Gasteiger partial charge in [-0.15, -0.1) is 0 Å². The summed E-state index contributed by atoms with van der Waals surface area (Å²) in [5.41, 5.74) is 4.04. The fourth-order valence-corrected chi connectivity index (χ4v) is 3.91. The van der Waals surface area contributed by atoms with Crippen LogP contribution in [0, 0.1) is 13.8 Å². The number of benzene rings is 2. The molecule has 32 heavy (non-hydrogen) atoms. The molecule has 0 spiro atoms. The molecule has 0 radical (unpaired) electrons. The predicted molar refractivity (Wildman–Crippen MR) is 124 cm³/mol. The van der Waals surface area contributed by atoms with Crippen LogP contribution in [0.2, 0.25) is 0 Å². The third-order valence-corrected chi connectivity index (χ3v) is 6.01. The number of amides is 2. The van der Waals surface area contributed by atoms with Gasteiger partial charge in [-0.25, -0.2) is 0 Å². The molecule has 1 saturated heterocycles. The van der Waals surface area contributed by atoms with Crippen molar-refractivity contribution in [3.63, 3.8) is 0 Å². The molecule has 6 heteroatoms. The number of piperidine rings is 1. The average molecular weight is 432 g/mol. The van der Waals surface area contributed by atoms with Crippen molar-refractivity contribution in [1.82, 2.24) is 14.8 Å². The van der Waals surface area contributed by atoms with E-state index in [4.69, 9.17) is 4.74 Å². The standard InChI is InChI=1S/C26H29N3O3/c1-19-5-10-24(17-20(19)2)32-18-25(30)27-22-11-15-29(16-12-22)26(31)21-6-8-23(9-7-21)28-13-3-4-14-28/h3-10,13-14,17,22H,11-12,15-16,18H2,1-2H3,(H,27,30). The molecular formula is C26H29N3O3. The highest BCUT2D eigenvalue weighted by molar-refractivity contribution is 5.94. The zero-order valence-electron chi connectivity index (χ0n) is 18.6. The van der Waals surface area contributed by atoms with Crippen molar-refractivity contribution in [2.24, 2.45) is 0 Å². The monoisotopic (exact) mass is 431 g/mol. The van der Waals surface area contributed by atoms with E-state index in [2.05, 4.69) is 5.32 Å². The molecule has 0 aliphatic carbocycles. The fraction of sp³-hybridized carbons (Fsp3) is 0.308. The number of rotatable bonds is 6. The maximum atomic E-state index is 12.8. The van der Waals surface area contributed by atoms with Crippen LogP contribution in [0.4, 0.5) is 0 Å². The summed E-state index contributed by atoms with van der Waals surface area (Å²) in [6, 6.07) is 17.5. The van der Waals surface area contributed by atoms with E-state index in [1.54, 1.807) is 0 Å². The molecular weight excluding hydrogens is 402 g/mol. The van der Waals surface area contributed by atoms with Crippen molar-refractivity contribution in [2.45, 2.75) is 32.7 Å². The van der Waals surface area contributed by atoms with Gasteiger partial charge in [0.25, 0.3) is 11.8 Å². The number of aromatic nitrogens is 1. The van der Waals surface area contributed by atoms with E-state index >= 15 is 0 Å². The number of carbonyl (C=O) groups excluding carboxylic acids is 2. The summed E-state index contributed by atoms with van der Waals surface area (Å²) in [6.45, 7) is 5.31. The second-order valence-corrected chi connectivity index (χ2v) is 8.31. The Bertz CT molecular complexity index is 1070. The Morgan fingerprint density at radius 3 is 2.31 bits per heavy atom. The molecule has 166 valence electrons. The molecule has 2 aromatic carbocycles. The number of aryl methyl sites for hydroxylation is 2. The first kappa shape index (κ1) is 21.7. The smallest absolute Gasteiger partial charge is 0.258 e. The lowest BCUT2D eigenvalue weighted by Crippen LogP contribution is -2.47. The number of ether oxygens (including phenoxy) is 1. The molecule has 1 aliphatic rings. The summed E-state index contributed by atoms with van der Waals surface area (Å²) in [5.74, 6) is 0.604. The second-order valence-electron chi connectivity index (χ2n) is 8.31. The lowest BCUT2D eigenvalue weighted by molar-refractivity contribution is -0.124. The molecule has 2 heterocycles. The maximum absolute atomic E-state index is 12.8. The van der Waals surface area contributed by atoms with Gasteiger partial charge in [-0.2, -0.15) is 0 Å². The molecule has 0 atom stereocenters. The molecule has 1 fully saturated rings. The maximum Gasteiger partial charge on any atom is 0.258 e.